The molecule has 0 aliphatic rings. The Balaban J connectivity index is 2.01. The molecule has 0 atom stereocenters. The Morgan fingerprint density at radius 2 is 1.25 bits per heavy atom. The summed E-state index contributed by atoms with van der Waals surface area (Å²) in [6, 6.07) is 23.8. The van der Waals surface area contributed by atoms with E-state index in [9.17, 15) is 14.7 Å². The van der Waals surface area contributed by atoms with Crippen LogP contribution < -0.4 is 0 Å². The number of aliphatic hydroxyl groups excluding tert-OH is 1. The Bertz CT molecular complexity index is 1040. The van der Waals surface area contributed by atoms with Crippen molar-refractivity contribution in [3.8, 4) is 0 Å². The van der Waals surface area contributed by atoms with E-state index >= 15 is 0 Å². The molecule has 5 heteroatoms. The number of nitrogens with zero attached hydrogens (tertiary/aromatic N) is 2. The molecule has 0 radical (unpaired) electrons. The van der Waals surface area contributed by atoms with E-state index < -0.39 is 5.78 Å². The fraction of sp³-hybridized carbons (Fsp3) is 0.0435. The lowest BCUT2D eigenvalue weighted by Crippen LogP contribution is -2.04. The first-order valence-corrected chi connectivity index (χ1v) is 8.67. The monoisotopic (exact) mass is 370 g/mol. The summed E-state index contributed by atoms with van der Waals surface area (Å²) in [5, 5.41) is 18.8. The number of aliphatic hydroxyl groups is 1. The molecule has 0 saturated carbocycles. The molecule has 5 nitrogen and oxygen atoms in total. The molecule has 0 heterocycles. The Morgan fingerprint density at radius 1 is 0.714 bits per heavy atom. The minimum absolute atomic E-state index is 0.0509. The van der Waals surface area contributed by atoms with Gasteiger partial charge in [0.15, 0.2) is 17.2 Å². The highest BCUT2D eigenvalue weighted by atomic mass is 16.3. The zero-order chi connectivity index (χ0) is 19.9. The third-order valence-corrected chi connectivity index (χ3v) is 4.06. The maximum atomic E-state index is 12.9. The Kier molecular flexibility index (Phi) is 5.87. The molecule has 0 aliphatic heterocycles. The van der Waals surface area contributed by atoms with Crippen molar-refractivity contribution >= 4 is 23.0 Å². The van der Waals surface area contributed by atoms with Gasteiger partial charge in [-0.2, -0.15) is 5.11 Å². The summed E-state index contributed by atoms with van der Waals surface area (Å²) in [5.41, 5.74) is 1.72. The van der Waals surface area contributed by atoms with E-state index in [0.29, 0.717) is 22.4 Å². The molecule has 1 N–H and O–H groups in total. The van der Waals surface area contributed by atoms with Crippen molar-refractivity contribution in [2.75, 3.05) is 0 Å². The van der Waals surface area contributed by atoms with Crippen LogP contribution in [0.4, 0.5) is 5.69 Å². The van der Waals surface area contributed by atoms with E-state index in [2.05, 4.69) is 10.2 Å². The van der Waals surface area contributed by atoms with Crippen LogP contribution in [0.1, 0.15) is 33.2 Å². The van der Waals surface area contributed by atoms with E-state index in [-0.39, 0.29) is 17.2 Å². The second-order valence-corrected chi connectivity index (χ2v) is 6.06. The van der Waals surface area contributed by atoms with Gasteiger partial charge in [0.2, 0.25) is 5.78 Å². The van der Waals surface area contributed by atoms with E-state index in [0.717, 1.165) is 0 Å². The topological polar surface area (TPSA) is 79.1 Å². The molecule has 0 fully saturated rings. The van der Waals surface area contributed by atoms with Crippen LogP contribution in [0.25, 0.3) is 5.76 Å². The molecule has 0 saturated heterocycles. The highest BCUT2D eigenvalue weighted by molar-refractivity contribution is 6.12. The Morgan fingerprint density at radius 3 is 1.79 bits per heavy atom. The number of azo groups is 1. The molecule has 0 aliphatic carbocycles. The van der Waals surface area contributed by atoms with Crippen molar-refractivity contribution < 1.29 is 14.7 Å². The zero-order valence-electron chi connectivity index (χ0n) is 15.2. The fourth-order valence-electron chi connectivity index (χ4n) is 2.53. The largest absolute Gasteiger partial charge is 0.505 e. The minimum Gasteiger partial charge on any atom is -0.505 e. The fourth-order valence-corrected chi connectivity index (χ4v) is 2.53. The number of rotatable bonds is 6. The third kappa shape index (κ3) is 4.45. The first-order chi connectivity index (χ1) is 13.6. The van der Waals surface area contributed by atoms with Crippen molar-refractivity contribution in [2.45, 2.75) is 6.92 Å². The predicted octanol–water partition coefficient (Wildman–Crippen LogP) is 5.78. The van der Waals surface area contributed by atoms with Crippen LogP contribution in [0, 0.1) is 0 Å². The molecule has 138 valence electrons. The summed E-state index contributed by atoms with van der Waals surface area (Å²) in [6.45, 7) is 1.48. The first kappa shape index (κ1) is 18.9. The summed E-state index contributed by atoms with van der Waals surface area (Å²) in [4.78, 5) is 24.3. The normalized spacial score (nSPS) is 11.9. The molecule has 28 heavy (non-hydrogen) atoms. The number of allylic oxidation sites excluding steroid dienone is 1. The summed E-state index contributed by atoms with van der Waals surface area (Å²) < 4.78 is 0. The smallest absolute Gasteiger partial charge is 0.217 e. The first-order valence-electron chi connectivity index (χ1n) is 8.67. The van der Waals surface area contributed by atoms with Crippen molar-refractivity contribution in [3.63, 3.8) is 0 Å². The quantitative estimate of drug-likeness (QED) is 0.258. The van der Waals surface area contributed by atoms with Crippen LogP contribution in [0.5, 0.6) is 0 Å². The summed E-state index contributed by atoms with van der Waals surface area (Å²) >= 11 is 0. The highest BCUT2D eigenvalue weighted by Crippen LogP contribution is 2.23. The lowest BCUT2D eigenvalue weighted by Gasteiger charge is -2.06. The van der Waals surface area contributed by atoms with Gasteiger partial charge in [-0.3, -0.25) is 9.59 Å². The van der Waals surface area contributed by atoms with E-state index in [1.54, 1.807) is 78.9 Å². The van der Waals surface area contributed by atoms with Gasteiger partial charge >= 0.3 is 0 Å². The van der Waals surface area contributed by atoms with Gasteiger partial charge in [-0.15, -0.1) is 5.11 Å². The minimum atomic E-state index is -0.439. The molecule has 0 amide bonds. The van der Waals surface area contributed by atoms with Gasteiger partial charge in [-0.1, -0.05) is 60.7 Å². The maximum Gasteiger partial charge on any atom is 0.217 e. The molecule has 0 spiro atoms. The summed E-state index contributed by atoms with van der Waals surface area (Å²) in [5.74, 6) is -0.741. The van der Waals surface area contributed by atoms with Crippen LogP contribution in [0.3, 0.4) is 0 Å². The van der Waals surface area contributed by atoms with E-state index in [1.165, 1.54) is 6.92 Å². The average molecular weight is 370 g/mol. The molecular formula is C23H18N2O3. The number of hydrogen-bond donors (Lipinski definition) is 1. The number of benzene rings is 3. The van der Waals surface area contributed by atoms with Gasteiger partial charge in [-0.05, 0) is 31.2 Å². The number of carbonyl (C=O) groups excluding carboxylic acids is 2. The van der Waals surface area contributed by atoms with E-state index in [4.69, 9.17) is 0 Å². The van der Waals surface area contributed by atoms with Crippen LogP contribution in [-0.4, -0.2) is 16.7 Å². The molecule has 0 bridgehead atoms. The van der Waals surface area contributed by atoms with Gasteiger partial charge in [-0.25, -0.2) is 0 Å². The van der Waals surface area contributed by atoms with Gasteiger partial charge < -0.3 is 5.11 Å². The third-order valence-electron chi connectivity index (χ3n) is 4.06. The van der Waals surface area contributed by atoms with Crippen LogP contribution in [-0.2, 0) is 0 Å². The number of ketones is 2. The van der Waals surface area contributed by atoms with Crippen molar-refractivity contribution in [1.82, 2.24) is 0 Å². The zero-order valence-corrected chi connectivity index (χ0v) is 15.2. The molecule has 0 unspecified atom stereocenters. The number of hydrogen-bond acceptors (Lipinski definition) is 5. The van der Waals surface area contributed by atoms with Crippen LogP contribution in [0.2, 0.25) is 0 Å². The SMILES string of the molecule is CC(=O)c1ccc(N=N/C(C(=O)c2ccccc2)=C(/O)c2ccccc2)cc1. The summed E-state index contributed by atoms with van der Waals surface area (Å²) in [6.07, 6.45) is 0. The lowest BCUT2D eigenvalue weighted by molar-refractivity contribution is 0.101. The van der Waals surface area contributed by atoms with Gasteiger partial charge in [0, 0.05) is 16.7 Å². The van der Waals surface area contributed by atoms with Crippen molar-refractivity contribution in [3.05, 3.63) is 107 Å². The summed E-state index contributed by atoms with van der Waals surface area (Å²) in [7, 11) is 0. The molecular weight excluding hydrogens is 352 g/mol. The van der Waals surface area contributed by atoms with Gasteiger partial charge in [0.25, 0.3) is 0 Å². The Labute approximate surface area is 162 Å². The standard InChI is InChI=1S/C23H18N2O3/c1-16(26)17-12-14-20(15-13-17)24-25-21(22(27)18-8-4-2-5-9-18)23(28)19-10-6-3-7-11-19/h2-15,27H,1H3/b22-21+,25-24?. The van der Waals surface area contributed by atoms with Crippen LogP contribution >= 0.6 is 0 Å². The molecule has 3 aromatic carbocycles. The second kappa shape index (κ2) is 8.68. The second-order valence-electron chi connectivity index (χ2n) is 6.06. The van der Waals surface area contributed by atoms with E-state index in [1.807, 2.05) is 6.07 Å². The van der Waals surface area contributed by atoms with Crippen LogP contribution in [0.15, 0.2) is 101 Å². The number of Topliss-reactive ketones (excluding diaryl/α,β-unsaturated/α-hetero) is 2. The van der Waals surface area contributed by atoms with Crippen molar-refractivity contribution in [1.29, 1.82) is 0 Å². The van der Waals surface area contributed by atoms with Crippen molar-refractivity contribution in [2.24, 2.45) is 10.2 Å². The lowest BCUT2D eigenvalue weighted by atomic mass is 10.1. The maximum absolute atomic E-state index is 12.9. The average Bonchev–Trinajstić information content (AvgIpc) is 2.75. The molecule has 3 aromatic rings. The Hall–Kier alpha value is -3.86. The van der Waals surface area contributed by atoms with Gasteiger partial charge in [0.05, 0.1) is 5.69 Å². The highest BCUT2D eigenvalue weighted by Gasteiger charge is 2.18. The molecule has 3 rings (SSSR count). The van der Waals surface area contributed by atoms with Gasteiger partial charge in [0.1, 0.15) is 0 Å². The number of carbonyl (C=O) groups is 2. The molecule has 0 aromatic heterocycles. The predicted molar refractivity (Wildman–Crippen MR) is 108 cm³/mol.